The summed E-state index contributed by atoms with van der Waals surface area (Å²) in [6.07, 6.45) is 0.599. The molecule has 0 heterocycles. The maximum absolute atomic E-state index is 10.9. The van der Waals surface area contributed by atoms with E-state index in [0.29, 0.717) is 0 Å². The average Bonchev–Trinajstić information content (AvgIpc) is 1.98. The Balaban J connectivity index is 4.35. The van der Waals surface area contributed by atoms with Crippen molar-refractivity contribution in [2.24, 2.45) is 11.3 Å². The lowest BCUT2D eigenvalue weighted by molar-refractivity contribution is 0.0166. The van der Waals surface area contributed by atoms with Crippen LogP contribution in [0.3, 0.4) is 0 Å². The molecule has 0 amide bonds. The second-order valence-electron chi connectivity index (χ2n) is 4.77. The minimum Gasteiger partial charge on any atom is -0.392 e. The van der Waals surface area contributed by atoms with E-state index in [-0.39, 0.29) is 12.5 Å². The zero-order valence-corrected chi connectivity index (χ0v) is 10.4. The van der Waals surface area contributed by atoms with Crippen molar-refractivity contribution in [3.8, 4) is 0 Å². The van der Waals surface area contributed by atoms with Gasteiger partial charge in [0.25, 0.3) is 0 Å². The van der Waals surface area contributed by atoms with Crippen molar-refractivity contribution in [3.05, 3.63) is 0 Å². The molecule has 2 N–H and O–H groups in total. The van der Waals surface area contributed by atoms with Crippen molar-refractivity contribution < 1.29 is 13.5 Å². The molecule has 0 aliphatic carbocycles. The minimum absolute atomic E-state index is 0.117. The van der Waals surface area contributed by atoms with Crippen LogP contribution >= 0.6 is 0 Å². The first-order chi connectivity index (χ1) is 6.06. The molecule has 0 fully saturated rings. The fraction of sp³-hybridized carbons (Fsp3) is 1.00. The summed E-state index contributed by atoms with van der Waals surface area (Å²) < 4.78 is 24.2. The van der Waals surface area contributed by atoms with E-state index in [2.05, 4.69) is 4.72 Å². The fourth-order valence-electron chi connectivity index (χ4n) is 1.32. The molecule has 0 spiro atoms. The number of nitrogens with one attached hydrogen (secondary N) is 1. The lowest BCUT2D eigenvalue weighted by atomic mass is 9.81. The molecule has 1 unspecified atom stereocenters. The van der Waals surface area contributed by atoms with E-state index in [4.69, 9.17) is 0 Å². The van der Waals surface area contributed by atoms with Crippen molar-refractivity contribution >= 4 is 10.0 Å². The number of rotatable bonds is 5. The van der Waals surface area contributed by atoms with Crippen LogP contribution in [-0.2, 0) is 10.0 Å². The first-order valence-electron chi connectivity index (χ1n) is 4.69. The third kappa shape index (κ3) is 4.93. The summed E-state index contributed by atoms with van der Waals surface area (Å²) in [4.78, 5) is 0. The summed E-state index contributed by atoms with van der Waals surface area (Å²) in [5, 5.41) is 9.82. The van der Waals surface area contributed by atoms with Crippen molar-refractivity contribution in [2.75, 3.05) is 12.8 Å². The van der Waals surface area contributed by atoms with Crippen LogP contribution in [0.15, 0.2) is 0 Å². The van der Waals surface area contributed by atoms with Crippen LogP contribution < -0.4 is 4.72 Å². The Morgan fingerprint density at radius 1 is 1.36 bits per heavy atom. The van der Waals surface area contributed by atoms with Gasteiger partial charge < -0.3 is 5.11 Å². The lowest BCUT2D eigenvalue weighted by Gasteiger charge is -2.33. The van der Waals surface area contributed by atoms with E-state index in [0.717, 1.165) is 6.26 Å². The van der Waals surface area contributed by atoms with Crippen molar-refractivity contribution in [3.63, 3.8) is 0 Å². The largest absolute Gasteiger partial charge is 0.392 e. The summed E-state index contributed by atoms with van der Waals surface area (Å²) in [7, 11) is -3.18. The Bertz CT molecular complexity index is 270. The highest BCUT2D eigenvalue weighted by Crippen LogP contribution is 2.25. The van der Waals surface area contributed by atoms with Gasteiger partial charge in [-0.2, -0.15) is 0 Å². The Labute approximate surface area is 86.8 Å². The molecule has 0 rings (SSSR count). The Morgan fingerprint density at radius 2 is 1.79 bits per heavy atom. The van der Waals surface area contributed by atoms with Crippen LogP contribution in [0.1, 0.15) is 27.7 Å². The number of hydrogen-bond donors (Lipinski definition) is 2. The molecule has 86 valence electrons. The Kier molecular flexibility index (Phi) is 4.55. The standard InChI is InChI=1S/C9H21NO3S/c1-7(2)8(11)9(3,4)6-10-14(5,12)13/h7-8,10-11H,6H2,1-5H3. The van der Waals surface area contributed by atoms with Crippen molar-refractivity contribution in [1.29, 1.82) is 0 Å². The summed E-state index contributed by atoms with van der Waals surface area (Å²) >= 11 is 0. The smallest absolute Gasteiger partial charge is 0.208 e. The highest BCUT2D eigenvalue weighted by Gasteiger charge is 2.30. The topological polar surface area (TPSA) is 66.4 Å². The highest BCUT2D eigenvalue weighted by molar-refractivity contribution is 7.88. The number of aliphatic hydroxyl groups is 1. The van der Waals surface area contributed by atoms with Crippen LogP contribution in [0.2, 0.25) is 0 Å². The molecule has 0 aromatic rings. The maximum Gasteiger partial charge on any atom is 0.208 e. The summed E-state index contributed by atoms with van der Waals surface area (Å²) in [6.45, 7) is 7.76. The normalized spacial score (nSPS) is 15.9. The third-order valence-electron chi connectivity index (χ3n) is 2.22. The molecule has 14 heavy (non-hydrogen) atoms. The van der Waals surface area contributed by atoms with Gasteiger partial charge in [0.2, 0.25) is 10.0 Å². The van der Waals surface area contributed by atoms with Gasteiger partial charge in [-0.3, -0.25) is 0 Å². The average molecular weight is 223 g/mol. The molecule has 0 aromatic carbocycles. The molecule has 0 bridgehead atoms. The maximum atomic E-state index is 10.9. The van der Waals surface area contributed by atoms with Crippen LogP contribution in [0.25, 0.3) is 0 Å². The third-order valence-corrected chi connectivity index (χ3v) is 2.89. The molecular weight excluding hydrogens is 202 g/mol. The molecule has 0 aliphatic heterocycles. The van der Waals surface area contributed by atoms with Crippen LogP contribution in [0.5, 0.6) is 0 Å². The highest BCUT2D eigenvalue weighted by atomic mass is 32.2. The Morgan fingerprint density at radius 3 is 2.07 bits per heavy atom. The summed E-state index contributed by atoms with van der Waals surface area (Å²) in [5.41, 5.74) is -0.447. The fourth-order valence-corrected chi connectivity index (χ4v) is 1.96. The second kappa shape index (κ2) is 4.59. The molecule has 5 heteroatoms. The quantitative estimate of drug-likeness (QED) is 0.716. The van der Waals surface area contributed by atoms with Gasteiger partial charge >= 0.3 is 0 Å². The van der Waals surface area contributed by atoms with Crippen LogP contribution in [0.4, 0.5) is 0 Å². The van der Waals surface area contributed by atoms with Gasteiger partial charge in [-0.1, -0.05) is 27.7 Å². The molecule has 4 nitrogen and oxygen atoms in total. The molecular formula is C9H21NO3S. The van der Waals surface area contributed by atoms with Gasteiger partial charge in [0, 0.05) is 12.0 Å². The van der Waals surface area contributed by atoms with Gasteiger partial charge in [-0.05, 0) is 5.92 Å². The van der Waals surface area contributed by atoms with Crippen molar-refractivity contribution in [1.82, 2.24) is 4.72 Å². The van der Waals surface area contributed by atoms with Gasteiger partial charge in [0.05, 0.1) is 12.4 Å². The van der Waals surface area contributed by atoms with E-state index >= 15 is 0 Å². The molecule has 1 atom stereocenters. The second-order valence-corrected chi connectivity index (χ2v) is 6.60. The van der Waals surface area contributed by atoms with E-state index in [1.807, 2.05) is 27.7 Å². The van der Waals surface area contributed by atoms with Crippen LogP contribution in [-0.4, -0.2) is 32.4 Å². The number of aliphatic hydroxyl groups excluding tert-OH is 1. The zero-order chi connectivity index (χ0) is 11.6. The molecule has 0 radical (unpaired) electrons. The summed E-state index contributed by atoms with van der Waals surface area (Å²) in [6, 6.07) is 0. The number of hydrogen-bond acceptors (Lipinski definition) is 3. The van der Waals surface area contributed by atoms with Gasteiger partial charge in [-0.25, -0.2) is 13.1 Å². The van der Waals surface area contributed by atoms with E-state index < -0.39 is 21.5 Å². The molecule has 0 aromatic heterocycles. The predicted octanol–water partition coefficient (Wildman–Crippen LogP) is 0.579. The monoisotopic (exact) mass is 223 g/mol. The first kappa shape index (κ1) is 13.9. The summed E-state index contributed by atoms with van der Waals surface area (Å²) in [5.74, 6) is 0.117. The lowest BCUT2D eigenvalue weighted by Crippen LogP contribution is -2.43. The van der Waals surface area contributed by atoms with Gasteiger partial charge in [0.1, 0.15) is 0 Å². The van der Waals surface area contributed by atoms with E-state index in [1.165, 1.54) is 0 Å². The van der Waals surface area contributed by atoms with E-state index in [9.17, 15) is 13.5 Å². The zero-order valence-electron chi connectivity index (χ0n) is 9.53. The van der Waals surface area contributed by atoms with Gasteiger partial charge in [-0.15, -0.1) is 0 Å². The SMILES string of the molecule is CC(C)C(O)C(C)(C)CNS(C)(=O)=O. The Hall–Kier alpha value is -0.130. The molecule has 0 saturated heterocycles. The van der Waals surface area contributed by atoms with Gasteiger partial charge in [0.15, 0.2) is 0 Å². The molecule has 0 aliphatic rings. The first-order valence-corrected chi connectivity index (χ1v) is 6.58. The van der Waals surface area contributed by atoms with E-state index in [1.54, 1.807) is 0 Å². The predicted molar refractivity (Wildman–Crippen MR) is 57.5 cm³/mol. The van der Waals surface area contributed by atoms with Crippen molar-refractivity contribution in [2.45, 2.75) is 33.8 Å². The van der Waals surface area contributed by atoms with Crippen LogP contribution in [0, 0.1) is 11.3 Å². The minimum atomic E-state index is -3.18. The molecule has 0 saturated carbocycles. The number of sulfonamides is 1.